The van der Waals surface area contributed by atoms with Crippen LogP contribution in [0.25, 0.3) is 0 Å². The van der Waals surface area contributed by atoms with Crippen LogP contribution in [0.1, 0.15) is 32.1 Å². The summed E-state index contributed by atoms with van der Waals surface area (Å²) in [5.74, 6) is 0.0747. The fourth-order valence-corrected chi connectivity index (χ4v) is 1.13. The van der Waals surface area contributed by atoms with Gasteiger partial charge in [-0.3, -0.25) is 4.79 Å². The van der Waals surface area contributed by atoms with Crippen LogP contribution in [0.15, 0.2) is 0 Å². The number of carbonyl (C=O) groups excluding carboxylic acids is 1. The molecule has 4 nitrogen and oxygen atoms in total. The molecule has 0 heterocycles. The van der Waals surface area contributed by atoms with E-state index in [4.69, 9.17) is 10.5 Å². The summed E-state index contributed by atoms with van der Waals surface area (Å²) in [4.78, 5) is 11.1. The molecule has 0 aliphatic carbocycles. The average molecular weight is 202 g/mol. The Bertz CT molecular complexity index is 140. The van der Waals surface area contributed by atoms with Crippen LogP contribution >= 0.6 is 0 Å². The van der Waals surface area contributed by atoms with E-state index in [2.05, 4.69) is 5.32 Å². The molecule has 0 aromatic heterocycles. The Morgan fingerprint density at radius 2 is 2.00 bits per heavy atom. The molecule has 1 amide bonds. The summed E-state index contributed by atoms with van der Waals surface area (Å²) in [7, 11) is 1.60. The Morgan fingerprint density at radius 1 is 1.29 bits per heavy atom. The minimum Gasteiger partial charge on any atom is -0.384 e. The molecule has 0 aliphatic heterocycles. The van der Waals surface area contributed by atoms with Gasteiger partial charge in [0.2, 0.25) is 5.91 Å². The van der Waals surface area contributed by atoms with E-state index in [1.54, 1.807) is 7.11 Å². The van der Waals surface area contributed by atoms with Crippen LogP contribution in [0.5, 0.6) is 0 Å². The molecular formula is C10H22N2O2. The van der Waals surface area contributed by atoms with Gasteiger partial charge in [0, 0.05) is 20.1 Å². The maximum atomic E-state index is 11.1. The third-order valence-electron chi connectivity index (χ3n) is 1.99. The Balaban J connectivity index is 3.07. The molecule has 84 valence electrons. The predicted molar refractivity (Wildman–Crippen MR) is 57.0 cm³/mol. The van der Waals surface area contributed by atoms with Crippen LogP contribution in [0, 0.1) is 0 Å². The highest BCUT2D eigenvalue weighted by Gasteiger charge is 1.98. The van der Waals surface area contributed by atoms with Gasteiger partial charge in [-0.1, -0.05) is 12.8 Å². The zero-order valence-electron chi connectivity index (χ0n) is 9.05. The lowest BCUT2D eigenvalue weighted by molar-refractivity contribution is -0.121. The number of hydrogen-bond acceptors (Lipinski definition) is 3. The predicted octanol–water partition coefficient (Wildman–Crippen LogP) is 0.658. The highest BCUT2D eigenvalue weighted by atomic mass is 16.5. The summed E-state index contributed by atoms with van der Waals surface area (Å²) in [6.45, 7) is 2.03. The van der Waals surface area contributed by atoms with E-state index in [0.717, 1.165) is 38.8 Å². The summed E-state index contributed by atoms with van der Waals surface area (Å²) in [5.41, 5.74) is 5.36. The van der Waals surface area contributed by atoms with Crippen molar-refractivity contribution in [2.24, 2.45) is 5.73 Å². The molecule has 4 heteroatoms. The molecule has 14 heavy (non-hydrogen) atoms. The van der Waals surface area contributed by atoms with E-state index >= 15 is 0 Å². The van der Waals surface area contributed by atoms with Crippen LogP contribution in [0.2, 0.25) is 0 Å². The monoisotopic (exact) mass is 202 g/mol. The normalized spacial score (nSPS) is 10.1. The molecule has 0 atom stereocenters. The van der Waals surface area contributed by atoms with Crippen LogP contribution in [-0.4, -0.2) is 32.7 Å². The van der Waals surface area contributed by atoms with Crippen molar-refractivity contribution in [3.05, 3.63) is 0 Å². The summed E-state index contributed by atoms with van der Waals surface area (Å²) in [6.07, 6.45) is 4.88. The molecule has 0 saturated carbocycles. The molecule has 0 fully saturated rings. The van der Waals surface area contributed by atoms with E-state index < -0.39 is 0 Å². The van der Waals surface area contributed by atoms with Crippen molar-refractivity contribution >= 4 is 5.91 Å². The first kappa shape index (κ1) is 13.4. The third kappa shape index (κ3) is 9.48. The number of methoxy groups -OCH3 is 1. The highest BCUT2D eigenvalue weighted by molar-refractivity contribution is 5.75. The first-order valence-corrected chi connectivity index (χ1v) is 5.27. The lowest BCUT2D eigenvalue weighted by Gasteiger charge is -2.04. The Morgan fingerprint density at radius 3 is 2.64 bits per heavy atom. The van der Waals surface area contributed by atoms with E-state index in [1.807, 2.05) is 0 Å². The fraction of sp³-hybridized carbons (Fsp3) is 0.900. The van der Waals surface area contributed by atoms with Crippen molar-refractivity contribution in [3.63, 3.8) is 0 Å². The van der Waals surface area contributed by atoms with Crippen molar-refractivity contribution in [3.8, 4) is 0 Å². The Hall–Kier alpha value is -0.610. The van der Waals surface area contributed by atoms with Crippen molar-refractivity contribution in [2.45, 2.75) is 32.1 Å². The van der Waals surface area contributed by atoms with Crippen LogP contribution in [0.3, 0.4) is 0 Å². The zero-order chi connectivity index (χ0) is 10.6. The molecule has 0 aromatic rings. The Labute approximate surface area is 86.2 Å². The van der Waals surface area contributed by atoms with Gasteiger partial charge in [0.1, 0.15) is 0 Å². The number of hydrogen-bond donors (Lipinski definition) is 2. The lowest BCUT2D eigenvalue weighted by atomic mass is 10.2. The highest BCUT2D eigenvalue weighted by Crippen LogP contribution is 1.96. The number of nitrogens with two attached hydrogens (primary N) is 1. The van der Waals surface area contributed by atoms with Crippen LogP contribution < -0.4 is 11.1 Å². The zero-order valence-corrected chi connectivity index (χ0v) is 9.05. The molecule has 0 spiro atoms. The van der Waals surface area contributed by atoms with Gasteiger partial charge in [-0.05, 0) is 19.4 Å². The van der Waals surface area contributed by atoms with Crippen molar-refractivity contribution in [1.29, 1.82) is 0 Å². The largest absolute Gasteiger partial charge is 0.384 e. The smallest absolute Gasteiger partial charge is 0.222 e. The minimum atomic E-state index is 0.0747. The van der Waals surface area contributed by atoms with Gasteiger partial charge in [-0.2, -0.15) is 0 Å². The minimum absolute atomic E-state index is 0.0747. The number of ether oxygens (including phenoxy) is 1. The molecule has 3 N–H and O–H groups in total. The van der Waals surface area contributed by atoms with Crippen molar-refractivity contribution in [2.75, 3.05) is 26.8 Å². The van der Waals surface area contributed by atoms with E-state index in [1.165, 1.54) is 0 Å². The van der Waals surface area contributed by atoms with Crippen molar-refractivity contribution in [1.82, 2.24) is 5.32 Å². The number of rotatable bonds is 9. The molecular weight excluding hydrogens is 180 g/mol. The number of unbranched alkanes of at least 4 members (excludes halogenated alkanes) is 3. The SMILES string of the molecule is COCCC(=O)NCCCCCCN. The summed E-state index contributed by atoms with van der Waals surface area (Å²) < 4.78 is 4.80. The fourth-order valence-electron chi connectivity index (χ4n) is 1.13. The van der Waals surface area contributed by atoms with Gasteiger partial charge in [0.25, 0.3) is 0 Å². The molecule has 0 radical (unpaired) electrons. The number of carbonyl (C=O) groups is 1. The molecule has 0 saturated heterocycles. The first-order valence-electron chi connectivity index (χ1n) is 5.27. The summed E-state index contributed by atoms with van der Waals surface area (Å²) >= 11 is 0. The maximum absolute atomic E-state index is 11.1. The molecule has 0 aromatic carbocycles. The van der Waals surface area contributed by atoms with E-state index in [-0.39, 0.29) is 5.91 Å². The van der Waals surface area contributed by atoms with Crippen LogP contribution in [0.4, 0.5) is 0 Å². The number of nitrogens with one attached hydrogen (secondary N) is 1. The quantitative estimate of drug-likeness (QED) is 0.540. The van der Waals surface area contributed by atoms with Gasteiger partial charge >= 0.3 is 0 Å². The molecule has 0 rings (SSSR count). The first-order chi connectivity index (χ1) is 6.81. The third-order valence-corrected chi connectivity index (χ3v) is 1.99. The van der Waals surface area contributed by atoms with Gasteiger partial charge in [0.05, 0.1) is 6.61 Å². The van der Waals surface area contributed by atoms with Crippen molar-refractivity contribution < 1.29 is 9.53 Å². The summed E-state index contributed by atoms with van der Waals surface area (Å²) in [6, 6.07) is 0. The van der Waals surface area contributed by atoms with Gasteiger partial charge < -0.3 is 15.8 Å². The van der Waals surface area contributed by atoms with Gasteiger partial charge in [-0.25, -0.2) is 0 Å². The summed E-state index contributed by atoms with van der Waals surface area (Å²) in [5, 5.41) is 2.84. The van der Waals surface area contributed by atoms with E-state index in [9.17, 15) is 4.79 Å². The topological polar surface area (TPSA) is 64.3 Å². The van der Waals surface area contributed by atoms with Crippen LogP contribution in [-0.2, 0) is 9.53 Å². The maximum Gasteiger partial charge on any atom is 0.222 e. The second kappa shape index (κ2) is 10.5. The van der Waals surface area contributed by atoms with E-state index in [0.29, 0.717) is 13.0 Å². The number of amides is 1. The molecule has 0 bridgehead atoms. The molecule has 0 aliphatic rings. The molecule has 0 unspecified atom stereocenters. The van der Waals surface area contributed by atoms with Gasteiger partial charge in [0.15, 0.2) is 0 Å². The standard InChI is InChI=1S/C10H22N2O2/c1-14-9-6-10(13)12-8-5-3-2-4-7-11/h2-9,11H2,1H3,(H,12,13). The second-order valence-electron chi connectivity index (χ2n) is 3.30. The van der Waals surface area contributed by atoms with Gasteiger partial charge in [-0.15, -0.1) is 0 Å². The Kier molecular flexibility index (Phi) is 10.0. The lowest BCUT2D eigenvalue weighted by Crippen LogP contribution is -2.25. The second-order valence-corrected chi connectivity index (χ2v) is 3.30. The average Bonchev–Trinajstić information content (AvgIpc) is 2.20.